The van der Waals surface area contributed by atoms with Crippen molar-refractivity contribution in [3.8, 4) is 11.3 Å². The first kappa shape index (κ1) is 13.1. The van der Waals surface area contributed by atoms with Crippen molar-refractivity contribution < 1.29 is 4.74 Å². The lowest BCUT2D eigenvalue weighted by molar-refractivity contribution is -0.0844. The molecular weight excluding hydrogens is 254 g/mol. The summed E-state index contributed by atoms with van der Waals surface area (Å²) in [4.78, 5) is 9.28. The van der Waals surface area contributed by atoms with E-state index in [1.807, 2.05) is 32.6 Å². The molecule has 0 atom stereocenters. The molecule has 1 aliphatic carbocycles. The fourth-order valence-electron chi connectivity index (χ4n) is 2.50. The van der Waals surface area contributed by atoms with Crippen LogP contribution in [0.3, 0.4) is 0 Å². The summed E-state index contributed by atoms with van der Waals surface area (Å²) in [5.74, 6) is 1.56. The molecule has 1 saturated carbocycles. The molecule has 1 aliphatic rings. The van der Waals surface area contributed by atoms with Gasteiger partial charge in [-0.15, -0.1) is 0 Å². The van der Waals surface area contributed by atoms with Crippen molar-refractivity contribution in [3.63, 3.8) is 0 Å². The molecule has 6 heteroatoms. The van der Waals surface area contributed by atoms with Crippen LogP contribution in [0.15, 0.2) is 18.5 Å². The number of nitrogens with zero attached hydrogens (tertiary/aromatic N) is 4. The highest BCUT2D eigenvalue weighted by molar-refractivity contribution is 5.61. The first-order chi connectivity index (χ1) is 9.66. The van der Waals surface area contributed by atoms with Crippen LogP contribution in [0.4, 0.5) is 5.82 Å². The molecule has 0 aromatic carbocycles. The molecule has 2 heterocycles. The number of rotatable bonds is 4. The van der Waals surface area contributed by atoms with Gasteiger partial charge in [-0.25, -0.2) is 9.97 Å². The molecule has 0 saturated heterocycles. The van der Waals surface area contributed by atoms with Crippen molar-refractivity contribution >= 4 is 5.82 Å². The molecule has 20 heavy (non-hydrogen) atoms. The Morgan fingerprint density at radius 2 is 2.15 bits per heavy atom. The number of aryl methyl sites for hydroxylation is 1. The van der Waals surface area contributed by atoms with Crippen molar-refractivity contribution in [1.29, 1.82) is 0 Å². The average Bonchev–Trinajstić information content (AvgIpc) is 2.84. The van der Waals surface area contributed by atoms with E-state index in [1.165, 1.54) is 0 Å². The molecule has 0 spiro atoms. The maximum absolute atomic E-state index is 5.68. The van der Waals surface area contributed by atoms with Crippen LogP contribution in [-0.4, -0.2) is 33.9 Å². The third-order valence-electron chi connectivity index (χ3n) is 3.94. The Morgan fingerprint density at radius 1 is 1.35 bits per heavy atom. The van der Waals surface area contributed by atoms with Gasteiger partial charge < -0.3 is 10.1 Å². The molecule has 0 radical (unpaired) electrons. The first-order valence-corrected chi connectivity index (χ1v) is 6.78. The number of ether oxygens (including phenoxy) is 1. The van der Waals surface area contributed by atoms with Gasteiger partial charge in [-0.1, -0.05) is 0 Å². The molecule has 0 aliphatic heterocycles. The number of aromatic nitrogens is 4. The number of hydrogen-bond donors (Lipinski definition) is 1. The first-order valence-electron chi connectivity index (χ1n) is 6.78. The highest BCUT2D eigenvalue weighted by atomic mass is 16.5. The van der Waals surface area contributed by atoms with E-state index >= 15 is 0 Å². The maximum atomic E-state index is 5.68. The van der Waals surface area contributed by atoms with Gasteiger partial charge in [0.15, 0.2) is 5.82 Å². The quantitative estimate of drug-likeness (QED) is 0.922. The summed E-state index contributed by atoms with van der Waals surface area (Å²) in [5, 5.41) is 7.29. The molecule has 106 valence electrons. The second kappa shape index (κ2) is 4.86. The molecule has 0 unspecified atom stereocenters. The predicted molar refractivity (Wildman–Crippen MR) is 76.3 cm³/mol. The minimum Gasteiger partial charge on any atom is -0.373 e. The van der Waals surface area contributed by atoms with Crippen LogP contribution >= 0.6 is 0 Å². The zero-order valence-corrected chi connectivity index (χ0v) is 12.1. The van der Waals surface area contributed by atoms with Gasteiger partial charge in [0.05, 0.1) is 11.9 Å². The zero-order valence-electron chi connectivity index (χ0n) is 12.1. The molecule has 2 aromatic rings. The van der Waals surface area contributed by atoms with Gasteiger partial charge in [-0.2, -0.15) is 5.10 Å². The minimum absolute atomic E-state index is 0.316. The van der Waals surface area contributed by atoms with E-state index in [0.717, 1.165) is 42.2 Å². The smallest absolute Gasteiger partial charge is 0.163 e. The standard InChI is InChI=1S/C14H19N5O/c1-15-12-7-11(10-8-16-19(2)9-10)17-13(18-12)14(20-3)5-4-6-14/h7-9H,4-6H2,1-3H3,(H,15,17,18). The van der Waals surface area contributed by atoms with Crippen molar-refractivity contribution in [2.45, 2.75) is 24.9 Å². The average molecular weight is 273 g/mol. The van der Waals surface area contributed by atoms with E-state index in [2.05, 4.69) is 15.4 Å². The fourth-order valence-corrected chi connectivity index (χ4v) is 2.50. The van der Waals surface area contributed by atoms with E-state index in [1.54, 1.807) is 11.8 Å². The monoisotopic (exact) mass is 273 g/mol. The second-order valence-electron chi connectivity index (χ2n) is 5.17. The molecule has 1 fully saturated rings. The summed E-state index contributed by atoms with van der Waals surface area (Å²) in [7, 11) is 5.49. The Morgan fingerprint density at radius 3 is 2.65 bits per heavy atom. The van der Waals surface area contributed by atoms with E-state index in [4.69, 9.17) is 9.72 Å². The largest absolute Gasteiger partial charge is 0.373 e. The van der Waals surface area contributed by atoms with Gasteiger partial charge >= 0.3 is 0 Å². The normalized spacial score (nSPS) is 16.8. The summed E-state index contributed by atoms with van der Waals surface area (Å²) in [6, 6.07) is 1.93. The molecule has 3 rings (SSSR count). The Kier molecular flexibility index (Phi) is 3.17. The molecular formula is C14H19N5O. The highest BCUT2D eigenvalue weighted by Crippen LogP contribution is 2.43. The van der Waals surface area contributed by atoms with E-state index < -0.39 is 0 Å². The van der Waals surface area contributed by atoms with Crippen LogP contribution in [0.25, 0.3) is 11.3 Å². The van der Waals surface area contributed by atoms with Gasteiger partial charge in [0.1, 0.15) is 11.4 Å². The van der Waals surface area contributed by atoms with Gasteiger partial charge in [-0.05, 0) is 19.3 Å². The van der Waals surface area contributed by atoms with Crippen LogP contribution in [0.5, 0.6) is 0 Å². The summed E-state index contributed by atoms with van der Waals surface area (Å²) in [5.41, 5.74) is 1.54. The third kappa shape index (κ3) is 2.06. The zero-order chi connectivity index (χ0) is 14.2. The van der Waals surface area contributed by atoms with Crippen LogP contribution in [0.1, 0.15) is 25.1 Å². The minimum atomic E-state index is -0.316. The lowest BCUT2D eigenvalue weighted by Gasteiger charge is -2.39. The number of anilines is 1. The van der Waals surface area contributed by atoms with Gasteiger partial charge in [0, 0.05) is 39.0 Å². The lowest BCUT2D eigenvalue weighted by Crippen LogP contribution is -2.38. The van der Waals surface area contributed by atoms with Crippen molar-refractivity contribution in [1.82, 2.24) is 19.7 Å². The Labute approximate surface area is 118 Å². The summed E-state index contributed by atoms with van der Waals surface area (Å²) in [6.07, 6.45) is 6.87. The van der Waals surface area contributed by atoms with E-state index in [9.17, 15) is 0 Å². The van der Waals surface area contributed by atoms with E-state index in [0.29, 0.717) is 0 Å². The SMILES string of the molecule is CNc1cc(-c2cnn(C)c2)nc(C2(OC)CCC2)n1. The molecule has 2 aromatic heterocycles. The number of nitrogens with one attached hydrogen (secondary N) is 1. The van der Waals surface area contributed by atoms with Crippen molar-refractivity contribution in [2.24, 2.45) is 7.05 Å². The number of hydrogen-bond acceptors (Lipinski definition) is 5. The van der Waals surface area contributed by atoms with Crippen LogP contribution in [-0.2, 0) is 17.4 Å². The Balaban J connectivity index is 2.07. The highest BCUT2D eigenvalue weighted by Gasteiger charge is 2.42. The summed E-state index contributed by atoms with van der Waals surface area (Å²) in [6.45, 7) is 0. The number of methoxy groups -OCH3 is 1. The maximum Gasteiger partial charge on any atom is 0.163 e. The molecule has 0 bridgehead atoms. The summed E-state index contributed by atoms with van der Waals surface area (Å²) < 4.78 is 7.45. The Bertz CT molecular complexity index is 612. The van der Waals surface area contributed by atoms with E-state index in [-0.39, 0.29) is 5.60 Å². The van der Waals surface area contributed by atoms with Crippen LogP contribution < -0.4 is 5.32 Å². The fraction of sp³-hybridized carbons (Fsp3) is 0.500. The topological polar surface area (TPSA) is 64.9 Å². The van der Waals surface area contributed by atoms with Gasteiger partial charge in [0.2, 0.25) is 0 Å². The van der Waals surface area contributed by atoms with Crippen LogP contribution in [0, 0.1) is 0 Å². The Hall–Kier alpha value is -1.95. The molecule has 1 N–H and O–H groups in total. The lowest BCUT2D eigenvalue weighted by atomic mass is 9.79. The van der Waals surface area contributed by atoms with Crippen molar-refractivity contribution in [3.05, 3.63) is 24.3 Å². The second-order valence-corrected chi connectivity index (χ2v) is 5.17. The van der Waals surface area contributed by atoms with Gasteiger partial charge in [0.25, 0.3) is 0 Å². The summed E-state index contributed by atoms with van der Waals surface area (Å²) >= 11 is 0. The molecule has 0 amide bonds. The predicted octanol–water partition coefficient (Wildman–Crippen LogP) is 1.94. The van der Waals surface area contributed by atoms with Crippen LogP contribution in [0.2, 0.25) is 0 Å². The molecule has 6 nitrogen and oxygen atoms in total. The third-order valence-corrected chi connectivity index (χ3v) is 3.94. The van der Waals surface area contributed by atoms with Crippen molar-refractivity contribution in [2.75, 3.05) is 19.5 Å². The van der Waals surface area contributed by atoms with Gasteiger partial charge in [-0.3, -0.25) is 4.68 Å².